The Hall–Kier alpha value is -5.50. The standard InChI is InChI=1S/C38H40N2O6/c1-26(2)7-6-8-27(3)21-22-46-38(43)30-13-17-32(18-14-30)40-33(16-10-29-12-20-35(42)37(24-29)45-5)25-31(39-40)15-9-28-11-19-34(41)36(23-28)44-4/h7,9-21,23-25,41-42H,6,8,22H2,1-5H3/b15-9+,16-10+,27-21+. The molecular formula is C38H40N2O6. The van der Waals surface area contributed by atoms with Crippen molar-refractivity contribution in [2.45, 2.75) is 33.6 Å². The Kier molecular flexibility index (Phi) is 11.6. The van der Waals surface area contributed by atoms with Gasteiger partial charge < -0.3 is 24.4 Å². The van der Waals surface area contributed by atoms with Crippen molar-refractivity contribution in [2.24, 2.45) is 0 Å². The minimum atomic E-state index is -0.394. The monoisotopic (exact) mass is 620 g/mol. The molecule has 0 unspecified atom stereocenters. The molecule has 3 aromatic carbocycles. The molecule has 0 aliphatic heterocycles. The number of ether oxygens (including phenoxy) is 3. The first-order valence-electron chi connectivity index (χ1n) is 14.9. The molecule has 0 spiro atoms. The number of hydrogen-bond acceptors (Lipinski definition) is 7. The minimum Gasteiger partial charge on any atom is -0.504 e. The highest BCUT2D eigenvalue weighted by atomic mass is 16.5. The van der Waals surface area contributed by atoms with Gasteiger partial charge in [0.25, 0.3) is 0 Å². The van der Waals surface area contributed by atoms with E-state index in [1.54, 1.807) is 53.2 Å². The summed E-state index contributed by atoms with van der Waals surface area (Å²) in [6.07, 6.45) is 13.6. The molecule has 0 aliphatic carbocycles. The Bertz CT molecular complexity index is 1770. The summed E-state index contributed by atoms with van der Waals surface area (Å²) in [4.78, 5) is 12.7. The van der Waals surface area contributed by atoms with Crippen LogP contribution in [0.2, 0.25) is 0 Å². The van der Waals surface area contributed by atoms with Crippen LogP contribution < -0.4 is 9.47 Å². The highest BCUT2D eigenvalue weighted by Crippen LogP contribution is 2.29. The Morgan fingerprint density at radius 2 is 1.39 bits per heavy atom. The number of hydrogen-bond donors (Lipinski definition) is 2. The zero-order chi connectivity index (χ0) is 33.1. The van der Waals surface area contributed by atoms with E-state index in [1.807, 2.05) is 55.5 Å². The zero-order valence-corrected chi connectivity index (χ0v) is 26.9. The van der Waals surface area contributed by atoms with Crippen LogP contribution in [-0.4, -0.2) is 46.8 Å². The Morgan fingerprint density at radius 3 is 1.98 bits per heavy atom. The van der Waals surface area contributed by atoms with Crippen LogP contribution in [0.25, 0.3) is 30.0 Å². The molecule has 1 aromatic heterocycles. The van der Waals surface area contributed by atoms with E-state index >= 15 is 0 Å². The lowest BCUT2D eigenvalue weighted by Crippen LogP contribution is -2.06. The van der Waals surface area contributed by atoms with Gasteiger partial charge in [0.1, 0.15) is 6.61 Å². The van der Waals surface area contributed by atoms with E-state index in [-0.39, 0.29) is 18.1 Å². The van der Waals surface area contributed by atoms with Crippen LogP contribution in [0.5, 0.6) is 23.0 Å². The summed E-state index contributed by atoms with van der Waals surface area (Å²) >= 11 is 0. The molecule has 0 saturated heterocycles. The second-order valence-corrected chi connectivity index (χ2v) is 11.0. The largest absolute Gasteiger partial charge is 0.504 e. The number of methoxy groups -OCH3 is 2. The number of phenols is 2. The number of esters is 1. The molecule has 0 bridgehead atoms. The van der Waals surface area contributed by atoms with E-state index in [0.717, 1.165) is 35.3 Å². The van der Waals surface area contributed by atoms with E-state index in [9.17, 15) is 15.0 Å². The smallest absolute Gasteiger partial charge is 0.338 e. The number of carbonyl (C=O) groups is 1. The molecule has 0 amide bonds. The van der Waals surface area contributed by atoms with Gasteiger partial charge >= 0.3 is 5.97 Å². The molecule has 8 heteroatoms. The second kappa shape index (κ2) is 16.0. The van der Waals surface area contributed by atoms with Gasteiger partial charge in [-0.25, -0.2) is 9.48 Å². The number of benzene rings is 3. The molecule has 0 radical (unpaired) electrons. The highest BCUT2D eigenvalue weighted by Gasteiger charge is 2.11. The highest BCUT2D eigenvalue weighted by molar-refractivity contribution is 5.89. The minimum absolute atomic E-state index is 0.0622. The molecule has 4 rings (SSSR count). The Morgan fingerprint density at radius 1 is 0.783 bits per heavy atom. The first-order valence-corrected chi connectivity index (χ1v) is 14.9. The molecule has 238 valence electrons. The SMILES string of the molecule is COc1cc(/C=C/c2cc(/C=C/c3ccc(O)c(OC)c3)n(-c3ccc(C(=O)OC/C=C(\C)CCC=C(C)C)cc3)n2)ccc1O. The lowest BCUT2D eigenvalue weighted by molar-refractivity contribution is 0.0549. The van der Waals surface area contributed by atoms with E-state index in [4.69, 9.17) is 19.3 Å². The third kappa shape index (κ3) is 9.25. The van der Waals surface area contributed by atoms with Crippen LogP contribution >= 0.6 is 0 Å². The molecular weight excluding hydrogens is 580 g/mol. The molecule has 2 N–H and O–H groups in total. The van der Waals surface area contributed by atoms with Gasteiger partial charge in [0.2, 0.25) is 0 Å². The third-order valence-electron chi connectivity index (χ3n) is 7.14. The van der Waals surface area contributed by atoms with Crippen LogP contribution in [0.15, 0.2) is 90.0 Å². The second-order valence-electron chi connectivity index (χ2n) is 11.0. The van der Waals surface area contributed by atoms with Crippen molar-refractivity contribution >= 4 is 30.3 Å². The summed E-state index contributed by atoms with van der Waals surface area (Å²) in [5.41, 5.74) is 6.79. The Balaban J connectivity index is 1.56. The van der Waals surface area contributed by atoms with Crippen LogP contribution in [0.4, 0.5) is 0 Å². The average Bonchev–Trinajstić information content (AvgIpc) is 3.46. The van der Waals surface area contributed by atoms with Crippen molar-refractivity contribution in [3.8, 4) is 28.7 Å². The maximum absolute atomic E-state index is 12.7. The summed E-state index contributed by atoms with van der Waals surface area (Å²) in [6, 6.07) is 19.2. The molecule has 46 heavy (non-hydrogen) atoms. The number of allylic oxidation sites excluding steroid dienone is 3. The van der Waals surface area contributed by atoms with Gasteiger partial charge in [0.05, 0.1) is 36.9 Å². The maximum Gasteiger partial charge on any atom is 0.338 e. The number of nitrogens with zero attached hydrogens (tertiary/aromatic N) is 2. The van der Waals surface area contributed by atoms with Gasteiger partial charge in [-0.3, -0.25) is 0 Å². The van der Waals surface area contributed by atoms with E-state index in [1.165, 1.54) is 25.4 Å². The topological polar surface area (TPSA) is 103 Å². The van der Waals surface area contributed by atoms with Crippen molar-refractivity contribution in [3.63, 3.8) is 0 Å². The summed E-state index contributed by atoms with van der Waals surface area (Å²) in [5.74, 6) is 0.489. The Labute approximate surface area is 270 Å². The fourth-order valence-corrected chi connectivity index (χ4v) is 4.55. The number of aromatic nitrogens is 2. The third-order valence-corrected chi connectivity index (χ3v) is 7.14. The maximum atomic E-state index is 12.7. The summed E-state index contributed by atoms with van der Waals surface area (Å²) in [7, 11) is 3.01. The predicted octanol–water partition coefficient (Wildman–Crippen LogP) is 8.49. The predicted molar refractivity (Wildman–Crippen MR) is 183 cm³/mol. The molecule has 0 atom stereocenters. The molecule has 1 heterocycles. The fraction of sp³-hybridized carbons (Fsp3) is 0.211. The molecule has 4 aromatic rings. The normalized spacial score (nSPS) is 11.6. The van der Waals surface area contributed by atoms with Crippen LogP contribution in [0.1, 0.15) is 66.5 Å². The van der Waals surface area contributed by atoms with Crippen molar-refractivity contribution < 1.29 is 29.2 Å². The summed E-state index contributed by atoms with van der Waals surface area (Å²) < 4.78 is 17.7. The fourth-order valence-electron chi connectivity index (χ4n) is 4.55. The first-order chi connectivity index (χ1) is 22.2. The molecule has 0 fully saturated rings. The van der Waals surface area contributed by atoms with Crippen molar-refractivity contribution in [2.75, 3.05) is 20.8 Å². The van der Waals surface area contributed by atoms with E-state index in [0.29, 0.717) is 22.8 Å². The quantitative estimate of drug-likeness (QED) is 0.114. The van der Waals surface area contributed by atoms with Crippen LogP contribution in [0.3, 0.4) is 0 Å². The van der Waals surface area contributed by atoms with Gasteiger partial charge in [-0.15, -0.1) is 0 Å². The lowest BCUT2D eigenvalue weighted by atomic mass is 10.1. The van der Waals surface area contributed by atoms with Crippen LogP contribution in [-0.2, 0) is 4.74 Å². The van der Waals surface area contributed by atoms with Crippen LogP contribution in [0, 0.1) is 0 Å². The molecule has 0 saturated carbocycles. The first kappa shape index (κ1) is 33.4. The van der Waals surface area contributed by atoms with Gasteiger partial charge in [0, 0.05) is 0 Å². The summed E-state index contributed by atoms with van der Waals surface area (Å²) in [5, 5.41) is 24.7. The van der Waals surface area contributed by atoms with E-state index in [2.05, 4.69) is 19.9 Å². The molecule has 8 nitrogen and oxygen atoms in total. The van der Waals surface area contributed by atoms with Crippen molar-refractivity contribution in [1.82, 2.24) is 9.78 Å². The van der Waals surface area contributed by atoms with Gasteiger partial charge in [-0.1, -0.05) is 41.5 Å². The van der Waals surface area contributed by atoms with Crippen molar-refractivity contribution in [3.05, 3.63) is 118 Å². The number of rotatable bonds is 13. The number of aromatic hydroxyl groups is 2. The average molecular weight is 621 g/mol. The van der Waals surface area contributed by atoms with E-state index < -0.39 is 5.97 Å². The zero-order valence-electron chi connectivity index (χ0n) is 26.9. The molecule has 0 aliphatic rings. The van der Waals surface area contributed by atoms with Gasteiger partial charge in [0.15, 0.2) is 23.0 Å². The summed E-state index contributed by atoms with van der Waals surface area (Å²) in [6.45, 7) is 6.43. The number of carbonyl (C=O) groups excluding carboxylic acids is 1. The van der Waals surface area contributed by atoms with Gasteiger partial charge in [-0.05, 0) is 118 Å². The number of phenolic OH excluding ortho intramolecular Hbond substituents is 2. The lowest BCUT2D eigenvalue weighted by Gasteiger charge is -2.07. The van der Waals surface area contributed by atoms with Crippen molar-refractivity contribution in [1.29, 1.82) is 0 Å². The van der Waals surface area contributed by atoms with Gasteiger partial charge in [-0.2, -0.15) is 5.10 Å².